The van der Waals surface area contributed by atoms with E-state index in [1.807, 2.05) is 0 Å². The highest BCUT2D eigenvalue weighted by atomic mass is 16.7. The van der Waals surface area contributed by atoms with Gasteiger partial charge in [0.05, 0.1) is 5.52 Å². The number of carbonyl (C=O) groups excluding carboxylic acids is 1. The predicted molar refractivity (Wildman–Crippen MR) is 99.7 cm³/mol. The summed E-state index contributed by atoms with van der Waals surface area (Å²) in [5.74, 6) is -1.15. The number of hydrogen-bond donors (Lipinski definition) is 5. The maximum atomic E-state index is 12.9. The molecule has 2 fully saturated rings. The molecule has 1 aromatic carbocycles. The predicted octanol–water partition coefficient (Wildman–Crippen LogP) is 0.307. The minimum atomic E-state index is -2.52. The third kappa shape index (κ3) is 3.28. The van der Waals surface area contributed by atoms with Crippen molar-refractivity contribution in [3.63, 3.8) is 0 Å². The number of nitrogens with zero attached hydrogens (tertiary/aromatic N) is 1. The monoisotopic (exact) mass is 407 g/mol. The van der Waals surface area contributed by atoms with Crippen molar-refractivity contribution in [3.8, 4) is 5.75 Å². The van der Waals surface area contributed by atoms with Gasteiger partial charge in [0.25, 0.3) is 0 Å². The number of ether oxygens (including phenoxy) is 2. The number of aliphatic hydroxyl groups is 4. The average molecular weight is 407 g/mol. The number of rotatable bonds is 3. The van der Waals surface area contributed by atoms with Crippen molar-refractivity contribution in [2.45, 2.75) is 68.5 Å². The molecule has 1 aromatic heterocycles. The highest BCUT2D eigenvalue weighted by Gasteiger charge is 2.60. The van der Waals surface area contributed by atoms with Crippen molar-refractivity contribution in [2.24, 2.45) is 0 Å². The number of para-hydroxylation sites is 1. The van der Waals surface area contributed by atoms with Crippen LogP contribution in [0.1, 0.15) is 32.1 Å². The van der Waals surface area contributed by atoms with Gasteiger partial charge in [-0.15, -0.1) is 0 Å². The molecule has 0 bridgehead atoms. The van der Waals surface area contributed by atoms with E-state index in [-0.39, 0.29) is 11.9 Å². The minimum absolute atomic E-state index is 0.193. The Bertz CT molecular complexity index is 892. The molecule has 29 heavy (non-hydrogen) atoms. The van der Waals surface area contributed by atoms with Gasteiger partial charge in [0, 0.05) is 11.6 Å². The molecule has 9 nitrogen and oxygen atoms in total. The van der Waals surface area contributed by atoms with E-state index in [4.69, 9.17) is 9.47 Å². The number of carbonyl (C=O) groups is 1. The van der Waals surface area contributed by atoms with Crippen LogP contribution in [0.3, 0.4) is 0 Å². The molecule has 5 N–H and O–H groups in total. The molecule has 2 heterocycles. The molecule has 0 spiro atoms. The minimum Gasteiger partial charge on any atom is -0.506 e. The zero-order valence-corrected chi connectivity index (χ0v) is 15.7. The number of hydrogen-bond acceptors (Lipinski definition) is 8. The molecule has 2 aliphatic rings. The van der Waals surface area contributed by atoms with E-state index >= 15 is 0 Å². The molecule has 1 saturated carbocycles. The summed E-state index contributed by atoms with van der Waals surface area (Å²) in [7, 11) is 0. The Balaban J connectivity index is 1.76. The van der Waals surface area contributed by atoms with Crippen LogP contribution in [-0.4, -0.2) is 66.8 Å². The number of aliphatic hydroxyl groups excluding tert-OH is 3. The van der Waals surface area contributed by atoms with Crippen LogP contribution in [0.4, 0.5) is 0 Å². The fourth-order valence-electron chi connectivity index (χ4n) is 4.25. The van der Waals surface area contributed by atoms with Crippen LogP contribution in [0, 0.1) is 0 Å². The Morgan fingerprint density at radius 1 is 1.14 bits per heavy atom. The molecule has 1 saturated heterocycles. The van der Waals surface area contributed by atoms with Crippen LogP contribution in [0.5, 0.6) is 5.75 Å². The first kappa shape index (κ1) is 20.1. The molecule has 0 radical (unpaired) electrons. The van der Waals surface area contributed by atoms with Gasteiger partial charge in [0.2, 0.25) is 11.8 Å². The van der Waals surface area contributed by atoms with Crippen molar-refractivity contribution in [2.75, 3.05) is 0 Å². The highest BCUT2D eigenvalue weighted by Crippen LogP contribution is 2.40. The number of fused-ring (bicyclic) bond motifs is 1. The van der Waals surface area contributed by atoms with Crippen LogP contribution < -0.4 is 0 Å². The normalized spacial score (nSPS) is 33.7. The third-order valence-electron chi connectivity index (χ3n) is 5.84. The van der Waals surface area contributed by atoms with Gasteiger partial charge in [-0.25, -0.2) is 4.79 Å². The first-order valence-electron chi connectivity index (χ1n) is 9.76. The van der Waals surface area contributed by atoms with E-state index in [2.05, 4.69) is 0 Å². The zero-order valence-electron chi connectivity index (χ0n) is 15.7. The first-order chi connectivity index (χ1) is 13.8. The smallest absolute Gasteiger partial charge is 0.340 e. The molecular formula is C20H25NO8. The number of aromatic hydroxyl groups is 1. The number of esters is 1. The van der Waals surface area contributed by atoms with Gasteiger partial charge < -0.3 is 39.6 Å². The lowest BCUT2D eigenvalue weighted by Crippen LogP contribution is -2.68. The molecule has 4 rings (SSSR count). The maximum Gasteiger partial charge on any atom is 0.340 e. The van der Waals surface area contributed by atoms with E-state index < -0.39 is 36.3 Å². The summed E-state index contributed by atoms with van der Waals surface area (Å²) in [6.07, 6.45) is -2.58. The topological polar surface area (TPSA) is 142 Å². The SMILES string of the molecule is O=C(OC1CCCCC1)[C@H]1O[C@@H](O)[C@H](O)[C@@H](O)[C@@]1(O)n1cc(O)c2ccccc21. The Morgan fingerprint density at radius 3 is 2.55 bits per heavy atom. The van der Waals surface area contributed by atoms with Gasteiger partial charge in [-0.1, -0.05) is 18.6 Å². The van der Waals surface area contributed by atoms with Gasteiger partial charge in [0.15, 0.2) is 6.29 Å². The molecular weight excluding hydrogens is 382 g/mol. The van der Waals surface area contributed by atoms with Crippen molar-refractivity contribution >= 4 is 16.9 Å². The number of aromatic nitrogens is 1. The molecule has 2 aromatic rings. The Hall–Kier alpha value is -2.17. The van der Waals surface area contributed by atoms with E-state index in [0.29, 0.717) is 23.7 Å². The van der Waals surface area contributed by atoms with E-state index in [1.165, 1.54) is 0 Å². The summed E-state index contributed by atoms with van der Waals surface area (Å²) in [5.41, 5.74) is -2.22. The van der Waals surface area contributed by atoms with Gasteiger partial charge in [-0.3, -0.25) is 0 Å². The fourth-order valence-corrected chi connectivity index (χ4v) is 4.25. The summed E-state index contributed by atoms with van der Waals surface area (Å²) in [6.45, 7) is 0. The molecule has 158 valence electrons. The number of benzene rings is 1. The Morgan fingerprint density at radius 2 is 1.83 bits per heavy atom. The standard InChI is InChI=1S/C20H25NO8/c22-14-10-21(13-9-5-4-8-12(13)14)20(27)16(24)15(23)18(25)29-17(20)19(26)28-11-6-2-1-3-7-11/h4-5,8-11,15-18,22-25,27H,1-3,6-7H2/t15-,16-,17-,18-,20+/m1/s1. The van der Waals surface area contributed by atoms with Gasteiger partial charge in [-0.2, -0.15) is 0 Å². The van der Waals surface area contributed by atoms with Crippen LogP contribution in [0.25, 0.3) is 10.9 Å². The Kier molecular flexibility index (Phi) is 5.26. The van der Waals surface area contributed by atoms with Crippen molar-refractivity contribution in [1.82, 2.24) is 4.57 Å². The van der Waals surface area contributed by atoms with E-state index in [1.54, 1.807) is 24.3 Å². The van der Waals surface area contributed by atoms with Crippen molar-refractivity contribution in [3.05, 3.63) is 30.5 Å². The summed E-state index contributed by atoms with van der Waals surface area (Å²) in [6, 6.07) is 6.50. The zero-order chi connectivity index (χ0) is 20.8. The molecule has 9 heteroatoms. The lowest BCUT2D eigenvalue weighted by molar-refractivity contribution is -0.337. The maximum absolute atomic E-state index is 12.9. The van der Waals surface area contributed by atoms with Crippen LogP contribution in [0.15, 0.2) is 30.5 Å². The van der Waals surface area contributed by atoms with Gasteiger partial charge in [-0.05, 0) is 37.8 Å². The van der Waals surface area contributed by atoms with Gasteiger partial charge in [0.1, 0.15) is 24.1 Å². The molecule has 1 aliphatic carbocycles. The lowest BCUT2D eigenvalue weighted by atomic mass is 9.90. The van der Waals surface area contributed by atoms with E-state index in [0.717, 1.165) is 30.0 Å². The third-order valence-corrected chi connectivity index (χ3v) is 5.84. The largest absolute Gasteiger partial charge is 0.506 e. The average Bonchev–Trinajstić information content (AvgIpc) is 3.07. The lowest BCUT2D eigenvalue weighted by Gasteiger charge is -2.46. The second kappa shape index (κ2) is 7.58. The van der Waals surface area contributed by atoms with Crippen LogP contribution >= 0.6 is 0 Å². The molecule has 1 aliphatic heterocycles. The van der Waals surface area contributed by atoms with Gasteiger partial charge >= 0.3 is 5.97 Å². The van der Waals surface area contributed by atoms with Crippen molar-refractivity contribution < 1.29 is 39.8 Å². The Labute approximate surface area is 166 Å². The molecule has 5 atom stereocenters. The second-order valence-electron chi connectivity index (χ2n) is 7.72. The summed E-state index contributed by atoms with van der Waals surface area (Å²) >= 11 is 0. The quantitative estimate of drug-likeness (QED) is 0.458. The van der Waals surface area contributed by atoms with Crippen LogP contribution in [0.2, 0.25) is 0 Å². The van der Waals surface area contributed by atoms with Crippen LogP contribution in [-0.2, 0) is 20.0 Å². The summed E-state index contributed by atoms with van der Waals surface area (Å²) in [4.78, 5) is 12.9. The molecule has 0 amide bonds. The van der Waals surface area contributed by atoms with E-state index in [9.17, 15) is 30.3 Å². The second-order valence-corrected chi connectivity index (χ2v) is 7.72. The molecule has 0 unspecified atom stereocenters. The van der Waals surface area contributed by atoms with Crippen molar-refractivity contribution in [1.29, 1.82) is 0 Å². The summed E-state index contributed by atoms with van der Waals surface area (Å²) < 4.78 is 11.8. The fraction of sp³-hybridized carbons (Fsp3) is 0.550. The summed E-state index contributed by atoms with van der Waals surface area (Å²) in [5, 5.41) is 52.8. The highest BCUT2D eigenvalue weighted by molar-refractivity contribution is 5.87. The first-order valence-corrected chi connectivity index (χ1v) is 9.76.